The van der Waals surface area contributed by atoms with E-state index >= 15 is 0 Å². The van der Waals surface area contributed by atoms with Crippen molar-refractivity contribution < 1.29 is 4.74 Å². The lowest BCUT2D eigenvalue weighted by atomic mass is 10.0. The number of rotatable bonds is 6. The van der Waals surface area contributed by atoms with Gasteiger partial charge in [-0.1, -0.05) is 36.4 Å². The van der Waals surface area contributed by atoms with Gasteiger partial charge in [-0.2, -0.15) is 0 Å². The molecule has 0 spiro atoms. The number of nitrogens with two attached hydrogens (primary N) is 3. The Labute approximate surface area is 119 Å². The molecular formula is C16H21N3O. The second kappa shape index (κ2) is 6.82. The van der Waals surface area contributed by atoms with Crippen LogP contribution in [-0.4, -0.2) is 12.6 Å². The molecule has 0 fully saturated rings. The lowest BCUT2D eigenvalue weighted by Gasteiger charge is -2.14. The predicted octanol–water partition coefficient (Wildman–Crippen LogP) is 2.19. The minimum atomic E-state index is 0.0692. The fourth-order valence-electron chi connectivity index (χ4n) is 2.03. The molecule has 0 amide bonds. The summed E-state index contributed by atoms with van der Waals surface area (Å²) >= 11 is 0. The van der Waals surface area contributed by atoms with Crippen molar-refractivity contribution in [2.75, 3.05) is 18.1 Å². The fourth-order valence-corrected chi connectivity index (χ4v) is 2.03. The van der Waals surface area contributed by atoms with Crippen molar-refractivity contribution in [1.29, 1.82) is 0 Å². The van der Waals surface area contributed by atoms with Crippen LogP contribution in [0.4, 0.5) is 11.4 Å². The lowest BCUT2D eigenvalue weighted by molar-refractivity contribution is 0.299. The predicted molar refractivity (Wildman–Crippen MR) is 83.5 cm³/mol. The molecule has 0 radical (unpaired) electrons. The smallest absolute Gasteiger partial charge is 0.144 e. The Morgan fingerprint density at radius 3 is 2.45 bits per heavy atom. The molecule has 2 aromatic carbocycles. The third-order valence-corrected chi connectivity index (χ3v) is 3.19. The first-order valence-electron chi connectivity index (χ1n) is 6.73. The van der Waals surface area contributed by atoms with Crippen molar-refractivity contribution in [3.63, 3.8) is 0 Å². The van der Waals surface area contributed by atoms with Crippen LogP contribution in [0.25, 0.3) is 0 Å². The quantitative estimate of drug-likeness (QED) is 0.703. The van der Waals surface area contributed by atoms with E-state index in [-0.39, 0.29) is 6.04 Å². The second-order valence-corrected chi connectivity index (χ2v) is 4.85. The van der Waals surface area contributed by atoms with E-state index in [2.05, 4.69) is 12.1 Å². The molecule has 1 atom stereocenters. The molecule has 0 aliphatic carbocycles. The monoisotopic (exact) mass is 271 g/mol. The van der Waals surface area contributed by atoms with Crippen molar-refractivity contribution in [2.24, 2.45) is 5.73 Å². The summed E-state index contributed by atoms with van der Waals surface area (Å²) in [5, 5.41) is 0. The average Bonchev–Trinajstić information content (AvgIpc) is 2.44. The van der Waals surface area contributed by atoms with Gasteiger partial charge in [-0.3, -0.25) is 0 Å². The van der Waals surface area contributed by atoms with Gasteiger partial charge in [0.05, 0.1) is 18.0 Å². The zero-order valence-electron chi connectivity index (χ0n) is 11.5. The summed E-state index contributed by atoms with van der Waals surface area (Å²) in [4.78, 5) is 0. The maximum Gasteiger partial charge on any atom is 0.144 e. The zero-order valence-corrected chi connectivity index (χ0v) is 11.5. The van der Waals surface area contributed by atoms with Crippen LogP contribution in [0.1, 0.15) is 12.0 Å². The largest absolute Gasteiger partial charge is 0.491 e. The molecule has 0 bridgehead atoms. The number of ether oxygens (including phenoxy) is 1. The molecule has 2 rings (SSSR count). The van der Waals surface area contributed by atoms with Gasteiger partial charge in [-0.15, -0.1) is 0 Å². The summed E-state index contributed by atoms with van der Waals surface area (Å²) in [6.45, 7) is 0.529. The van der Waals surface area contributed by atoms with Gasteiger partial charge in [0.15, 0.2) is 0 Å². The molecule has 0 aromatic heterocycles. The van der Waals surface area contributed by atoms with Crippen molar-refractivity contribution in [1.82, 2.24) is 0 Å². The molecule has 0 saturated heterocycles. The van der Waals surface area contributed by atoms with Gasteiger partial charge >= 0.3 is 0 Å². The SMILES string of the molecule is Nc1cccc(OCCC(N)Cc2ccccc2)c1N. The van der Waals surface area contributed by atoms with E-state index in [9.17, 15) is 0 Å². The van der Waals surface area contributed by atoms with Crippen LogP contribution >= 0.6 is 0 Å². The first-order chi connectivity index (χ1) is 9.66. The second-order valence-electron chi connectivity index (χ2n) is 4.85. The highest BCUT2D eigenvalue weighted by Crippen LogP contribution is 2.26. The van der Waals surface area contributed by atoms with Crippen molar-refractivity contribution in [3.05, 3.63) is 54.1 Å². The molecule has 1 unspecified atom stereocenters. The standard InChI is InChI=1S/C16H21N3O/c17-13(11-12-5-2-1-3-6-12)9-10-20-15-8-4-7-14(18)16(15)19/h1-8,13H,9-11,17-19H2. The maximum atomic E-state index is 6.10. The summed E-state index contributed by atoms with van der Waals surface area (Å²) < 4.78 is 5.64. The van der Waals surface area contributed by atoms with Crippen LogP contribution in [0.15, 0.2) is 48.5 Å². The highest BCUT2D eigenvalue weighted by molar-refractivity contribution is 5.70. The van der Waals surface area contributed by atoms with Crippen LogP contribution < -0.4 is 21.9 Å². The number of nitrogen functional groups attached to an aromatic ring is 2. The minimum Gasteiger partial charge on any atom is -0.491 e. The van der Waals surface area contributed by atoms with Crippen molar-refractivity contribution >= 4 is 11.4 Å². The van der Waals surface area contributed by atoms with E-state index in [4.69, 9.17) is 21.9 Å². The highest BCUT2D eigenvalue weighted by Gasteiger charge is 2.06. The Morgan fingerprint density at radius 2 is 1.70 bits per heavy atom. The lowest BCUT2D eigenvalue weighted by Crippen LogP contribution is -2.25. The number of hydrogen-bond donors (Lipinski definition) is 3. The van der Waals surface area contributed by atoms with Gasteiger partial charge in [0.25, 0.3) is 0 Å². The molecule has 106 valence electrons. The van der Waals surface area contributed by atoms with E-state index in [0.29, 0.717) is 23.7 Å². The van der Waals surface area contributed by atoms with Gasteiger partial charge in [0, 0.05) is 6.04 Å². The Balaban J connectivity index is 1.79. The molecule has 20 heavy (non-hydrogen) atoms. The van der Waals surface area contributed by atoms with Crippen LogP contribution in [0.2, 0.25) is 0 Å². The summed E-state index contributed by atoms with van der Waals surface area (Å²) in [5.41, 5.74) is 19.9. The number of benzene rings is 2. The summed E-state index contributed by atoms with van der Waals surface area (Å²) in [5.74, 6) is 0.622. The minimum absolute atomic E-state index is 0.0692. The molecular weight excluding hydrogens is 250 g/mol. The average molecular weight is 271 g/mol. The Bertz CT molecular complexity index is 543. The summed E-state index contributed by atoms with van der Waals surface area (Å²) in [6, 6.07) is 15.7. The Kier molecular flexibility index (Phi) is 4.85. The summed E-state index contributed by atoms with van der Waals surface area (Å²) in [6.07, 6.45) is 1.61. The topological polar surface area (TPSA) is 87.3 Å². The first-order valence-corrected chi connectivity index (χ1v) is 6.73. The third-order valence-electron chi connectivity index (χ3n) is 3.19. The summed E-state index contributed by atoms with van der Waals surface area (Å²) in [7, 11) is 0. The molecule has 4 nitrogen and oxygen atoms in total. The normalized spacial score (nSPS) is 12.1. The van der Waals surface area contributed by atoms with Gasteiger partial charge in [0.1, 0.15) is 5.75 Å². The highest BCUT2D eigenvalue weighted by atomic mass is 16.5. The van der Waals surface area contributed by atoms with Gasteiger partial charge in [-0.05, 0) is 30.5 Å². The maximum absolute atomic E-state index is 6.10. The van der Waals surface area contributed by atoms with Crippen LogP contribution in [0, 0.1) is 0 Å². The zero-order chi connectivity index (χ0) is 14.4. The van der Waals surface area contributed by atoms with Crippen molar-refractivity contribution in [2.45, 2.75) is 18.9 Å². The van der Waals surface area contributed by atoms with Gasteiger partial charge in [-0.25, -0.2) is 0 Å². The van der Waals surface area contributed by atoms with Crippen molar-refractivity contribution in [3.8, 4) is 5.75 Å². The molecule has 0 aliphatic heterocycles. The van der Waals surface area contributed by atoms with Crippen LogP contribution in [-0.2, 0) is 6.42 Å². The molecule has 0 aliphatic rings. The van der Waals surface area contributed by atoms with E-state index in [1.54, 1.807) is 6.07 Å². The Hall–Kier alpha value is -2.20. The fraction of sp³-hybridized carbons (Fsp3) is 0.250. The molecule has 4 heteroatoms. The van der Waals surface area contributed by atoms with Crippen LogP contribution in [0.5, 0.6) is 5.75 Å². The first kappa shape index (κ1) is 14.2. The van der Waals surface area contributed by atoms with E-state index < -0.39 is 0 Å². The Morgan fingerprint density at radius 1 is 0.950 bits per heavy atom. The number of anilines is 2. The molecule has 6 N–H and O–H groups in total. The molecule has 0 saturated carbocycles. The molecule has 0 heterocycles. The number of para-hydroxylation sites is 1. The molecule has 2 aromatic rings. The van der Waals surface area contributed by atoms with E-state index in [0.717, 1.165) is 12.8 Å². The van der Waals surface area contributed by atoms with Gasteiger partial charge in [0.2, 0.25) is 0 Å². The van der Waals surface area contributed by atoms with E-state index in [1.807, 2.05) is 30.3 Å². The number of hydrogen-bond acceptors (Lipinski definition) is 4. The van der Waals surface area contributed by atoms with Gasteiger partial charge < -0.3 is 21.9 Å². The third kappa shape index (κ3) is 3.90. The van der Waals surface area contributed by atoms with Crippen LogP contribution in [0.3, 0.4) is 0 Å². The van der Waals surface area contributed by atoms with E-state index in [1.165, 1.54) is 5.56 Å².